The maximum absolute atomic E-state index is 13.0. The second-order valence-corrected chi connectivity index (χ2v) is 7.86. The summed E-state index contributed by atoms with van der Waals surface area (Å²) in [6.07, 6.45) is 7.20. The summed E-state index contributed by atoms with van der Waals surface area (Å²) in [6, 6.07) is 14.7. The van der Waals surface area contributed by atoms with Crippen molar-refractivity contribution in [1.29, 1.82) is 0 Å². The summed E-state index contributed by atoms with van der Waals surface area (Å²) in [7, 11) is 0. The Morgan fingerprint density at radius 2 is 1.88 bits per heavy atom. The number of aromatic nitrogens is 1. The quantitative estimate of drug-likeness (QED) is 0.342. The highest BCUT2D eigenvalue weighted by Crippen LogP contribution is 2.50. The highest BCUT2D eigenvalue weighted by atomic mass is 16.5. The minimum Gasteiger partial charge on any atom is -0.489 e. The van der Waals surface area contributed by atoms with Crippen molar-refractivity contribution in [3.63, 3.8) is 0 Å². The zero-order valence-electron chi connectivity index (χ0n) is 16.9. The van der Waals surface area contributed by atoms with Gasteiger partial charge in [-0.05, 0) is 47.6 Å². The molecule has 0 radical (unpaired) electrons. The molecule has 0 fully saturated rings. The molecule has 1 unspecified atom stereocenters. The van der Waals surface area contributed by atoms with Gasteiger partial charge >= 0.3 is 5.97 Å². The van der Waals surface area contributed by atoms with Crippen LogP contribution in [0.3, 0.4) is 0 Å². The standard InChI is InChI=1S/C26H17NO5/c28-23-12-19(17-11-16-5-1-2-6-20(16)30-14-17)24-21(31-23)8-7-18-25(29)22(32-26(18)24)10-15-4-3-9-27-13-15/h1-11,13,19H,12,14H2. The Balaban J connectivity index is 1.45. The Labute approximate surface area is 183 Å². The number of ketones is 1. The van der Waals surface area contributed by atoms with Gasteiger partial charge in [-0.3, -0.25) is 14.6 Å². The van der Waals surface area contributed by atoms with Gasteiger partial charge in [0.05, 0.1) is 12.0 Å². The fourth-order valence-electron chi connectivity index (χ4n) is 4.37. The van der Waals surface area contributed by atoms with Crippen LogP contribution >= 0.6 is 0 Å². The molecule has 6 heteroatoms. The van der Waals surface area contributed by atoms with E-state index in [1.54, 1.807) is 36.7 Å². The van der Waals surface area contributed by atoms with E-state index in [-0.39, 0.29) is 29.9 Å². The van der Waals surface area contributed by atoms with Gasteiger partial charge in [-0.1, -0.05) is 24.3 Å². The second kappa shape index (κ2) is 7.20. The minimum absolute atomic E-state index is 0.153. The van der Waals surface area contributed by atoms with Crippen LogP contribution in [0, 0.1) is 0 Å². The Kier molecular flexibility index (Phi) is 4.18. The number of carbonyl (C=O) groups is 2. The van der Waals surface area contributed by atoms with Crippen molar-refractivity contribution in [3.05, 3.63) is 94.5 Å². The monoisotopic (exact) mass is 423 g/mol. The Bertz CT molecular complexity index is 1340. The predicted molar refractivity (Wildman–Crippen MR) is 117 cm³/mol. The summed E-state index contributed by atoms with van der Waals surface area (Å²) in [5.74, 6) is 1.05. The summed E-state index contributed by atoms with van der Waals surface area (Å²) in [6.45, 7) is 0.352. The Hall–Kier alpha value is -4.19. The SMILES string of the molecule is O=C1CC(C2=Cc3ccccc3OC2)c2c(ccc3c2OC(=Cc2cccnc2)C3=O)O1. The largest absolute Gasteiger partial charge is 0.489 e. The molecule has 1 aromatic heterocycles. The van der Waals surface area contributed by atoms with E-state index in [2.05, 4.69) is 11.1 Å². The average molecular weight is 423 g/mol. The zero-order valence-corrected chi connectivity index (χ0v) is 16.9. The third-order valence-electron chi connectivity index (χ3n) is 5.86. The highest BCUT2D eigenvalue weighted by molar-refractivity contribution is 6.15. The van der Waals surface area contributed by atoms with Crippen LogP contribution in [0.25, 0.3) is 12.2 Å². The molecule has 0 N–H and O–H groups in total. The van der Waals surface area contributed by atoms with Crippen molar-refractivity contribution < 1.29 is 23.8 Å². The van der Waals surface area contributed by atoms with Crippen molar-refractivity contribution in [1.82, 2.24) is 4.98 Å². The molecule has 0 bridgehead atoms. The zero-order chi connectivity index (χ0) is 21.7. The smallest absolute Gasteiger partial charge is 0.312 e. The number of allylic oxidation sites excluding steroid dienone is 1. The number of nitrogens with zero attached hydrogens (tertiary/aromatic N) is 1. The van der Waals surface area contributed by atoms with Gasteiger partial charge < -0.3 is 14.2 Å². The van der Waals surface area contributed by atoms with E-state index in [0.717, 1.165) is 22.4 Å². The summed E-state index contributed by atoms with van der Waals surface area (Å²) in [5, 5.41) is 0. The van der Waals surface area contributed by atoms with Crippen LogP contribution in [0.5, 0.6) is 17.2 Å². The molecule has 3 aliphatic rings. The molecule has 4 heterocycles. The molecule has 32 heavy (non-hydrogen) atoms. The van der Waals surface area contributed by atoms with E-state index >= 15 is 0 Å². The van der Waals surface area contributed by atoms with E-state index in [1.165, 1.54) is 0 Å². The molecule has 6 nitrogen and oxygen atoms in total. The van der Waals surface area contributed by atoms with Crippen LogP contribution < -0.4 is 14.2 Å². The number of hydrogen-bond donors (Lipinski definition) is 0. The van der Waals surface area contributed by atoms with Gasteiger partial charge in [0.2, 0.25) is 5.78 Å². The second-order valence-electron chi connectivity index (χ2n) is 7.86. The fourth-order valence-corrected chi connectivity index (χ4v) is 4.37. The van der Waals surface area contributed by atoms with E-state index in [0.29, 0.717) is 29.2 Å². The first kappa shape index (κ1) is 18.6. The topological polar surface area (TPSA) is 74.7 Å². The molecule has 0 amide bonds. The van der Waals surface area contributed by atoms with Gasteiger partial charge in [-0.15, -0.1) is 0 Å². The number of pyridine rings is 1. The number of esters is 1. The number of fused-ring (bicyclic) bond motifs is 4. The lowest BCUT2D eigenvalue weighted by molar-refractivity contribution is -0.135. The number of ether oxygens (including phenoxy) is 3. The molecule has 3 aromatic rings. The van der Waals surface area contributed by atoms with Crippen LogP contribution in [-0.2, 0) is 4.79 Å². The van der Waals surface area contributed by atoms with E-state index in [4.69, 9.17) is 14.2 Å². The van der Waals surface area contributed by atoms with Crippen LogP contribution in [-0.4, -0.2) is 23.3 Å². The third-order valence-corrected chi connectivity index (χ3v) is 5.86. The summed E-state index contributed by atoms with van der Waals surface area (Å²) in [5.41, 5.74) is 3.83. The van der Waals surface area contributed by atoms with Crippen molar-refractivity contribution >= 4 is 23.9 Å². The van der Waals surface area contributed by atoms with Gasteiger partial charge in [0.1, 0.15) is 23.9 Å². The van der Waals surface area contributed by atoms with Crippen molar-refractivity contribution in [2.75, 3.05) is 6.61 Å². The molecule has 2 aromatic carbocycles. The highest BCUT2D eigenvalue weighted by Gasteiger charge is 2.39. The number of Topliss-reactive ketones (excluding diaryl/α,β-unsaturated/α-hetero) is 1. The lowest BCUT2D eigenvalue weighted by Gasteiger charge is -2.29. The van der Waals surface area contributed by atoms with Crippen molar-refractivity contribution in [2.24, 2.45) is 0 Å². The maximum atomic E-state index is 13.0. The van der Waals surface area contributed by atoms with Gasteiger partial charge in [-0.25, -0.2) is 0 Å². The van der Waals surface area contributed by atoms with E-state index in [9.17, 15) is 9.59 Å². The number of hydrogen-bond acceptors (Lipinski definition) is 6. The first-order valence-electron chi connectivity index (χ1n) is 10.3. The third kappa shape index (κ3) is 3.00. The molecule has 0 saturated heterocycles. The molecule has 156 valence electrons. The van der Waals surface area contributed by atoms with Crippen molar-refractivity contribution in [2.45, 2.75) is 12.3 Å². The minimum atomic E-state index is -0.322. The molecule has 3 aliphatic heterocycles. The molecule has 0 saturated carbocycles. The van der Waals surface area contributed by atoms with Crippen LogP contribution in [0.15, 0.2) is 72.3 Å². The number of benzene rings is 2. The van der Waals surface area contributed by atoms with Gasteiger partial charge in [0, 0.05) is 29.4 Å². The summed E-state index contributed by atoms with van der Waals surface area (Å²) < 4.78 is 17.5. The summed E-state index contributed by atoms with van der Waals surface area (Å²) >= 11 is 0. The number of rotatable bonds is 2. The lowest BCUT2D eigenvalue weighted by atomic mass is 9.83. The van der Waals surface area contributed by atoms with E-state index < -0.39 is 0 Å². The molecule has 0 aliphatic carbocycles. The molecule has 0 spiro atoms. The molecular formula is C26H17NO5. The molecular weight excluding hydrogens is 406 g/mol. The van der Waals surface area contributed by atoms with E-state index in [1.807, 2.05) is 30.3 Å². The van der Waals surface area contributed by atoms with Crippen LogP contribution in [0.4, 0.5) is 0 Å². The first-order valence-corrected chi connectivity index (χ1v) is 10.3. The molecule has 1 atom stereocenters. The molecule has 6 rings (SSSR count). The Morgan fingerprint density at radius 1 is 0.969 bits per heavy atom. The van der Waals surface area contributed by atoms with Gasteiger partial charge in [0.15, 0.2) is 5.76 Å². The van der Waals surface area contributed by atoms with Crippen molar-refractivity contribution in [3.8, 4) is 17.2 Å². The summed E-state index contributed by atoms with van der Waals surface area (Å²) in [4.78, 5) is 29.5. The predicted octanol–water partition coefficient (Wildman–Crippen LogP) is 4.57. The first-order chi connectivity index (χ1) is 15.7. The Morgan fingerprint density at radius 3 is 2.75 bits per heavy atom. The lowest BCUT2D eigenvalue weighted by Crippen LogP contribution is -2.24. The van der Waals surface area contributed by atoms with Gasteiger partial charge in [0.25, 0.3) is 0 Å². The fraction of sp³-hybridized carbons (Fsp3) is 0.115. The number of carbonyl (C=O) groups excluding carboxylic acids is 2. The number of para-hydroxylation sites is 1. The average Bonchev–Trinajstić information content (AvgIpc) is 3.14. The van der Waals surface area contributed by atoms with Crippen LogP contribution in [0.2, 0.25) is 0 Å². The van der Waals surface area contributed by atoms with Crippen LogP contribution in [0.1, 0.15) is 39.4 Å². The normalized spacial score (nSPS) is 19.8. The maximum Gasteiger partial charge on any atom is 0.312 e. The van der Waals surface area contributed by atoms with Gasteiger partial charge in [-0.2, -0.15) is 0 Å².